The lowest BCUT2D eigenvalue weighted by Gasteiger charge is -2.63. The van der Waals surface area contributed by atoms with Crippen LogP contribution in [0, 0.1) is 56.7 Å². The molecular formula is C38H62O7. The van der Waals surface area contributed by atoms with Crippen molar-refractivity contribution in [2.75, 3.05) is 19.8 Å². The van der Waals surface area contributed by atoms with Gasteiger partial charge in [-0.2, -0.15) is 0 Å². The molecular weight excluding hydrogens is 568 g/mol. The van der Waals surface area contributed by atoms with Crippen LogP contribution in [0.15, 0.2) is 0 Å². The van der Waals surface area contributed by atoms with Crippen LogP contribution in [0.2, 0.25) is 0 Å². The number of carbonyl (C=O) groups excluding carboxylic acids is 1. The Morgan fingerprint density at radius 2 is 1.73 bits per heavy atom. The number of hydrogen-bond donors (Lipinski definition) is 2. The number of aliphatic hydroxyl groups excluding tert-OH is 1. The maximum Gasteiger partial charge on any atom is 0.311 e. The van der Waals surface area contributed by atoms with Crippen LogP contribution in [-0.2, 0) is 23.7 Å². The molecule has 2 saturated heterocycles. The monoisotopic (exact) mass is 630 g/mol. The van der Waals surface area contributed by atoms with E-state index in [-0.39, 0.29) is 63.2 Å². The highest BCUT2D eigenvalue weighted by Crippen LogP contribution is 2.89. The van der Waals surface area contributed by atoms with Crippen LogP contribution in [0.3, 0.4) is 0 Å². The fourth-order valence-electron chi connectivity index (χ4n) is 13.8. The highest BCUT2D eigenvalue weighted by molar-refractivity contribution is 5.73. The Morgan fingerprint density at radius 3 is 2.40 bits per heavy atom. The molecule has 0 aromatic heterocycles. The summed E-state index contributed by atoms with van der Waals surface area (Å²) in [6.45, 7) is 19.4. The van der Waals surface area contributed by atoms with Crippen LogP contribution < -0.4 is 0 Å². The Bertz CT molecular complexity index is 1160. The summed E-state index contributed by atoms with van der Waals surface area (Å²) in [5, 5.41) is 23.6. The number of fused-ring (bicyclic) bond motifs is 4. The minimum Gasteiger partial charge on any atom is -0.462 e. The molecule has 7 aliphatic rings. The molecule has 0 amide bonds. The van der Waals surface area contributed by atoms with E-state index < -0.39 is 17.8 Å². The summed E-state index contributed by atoms with van der Waals surface area (Å²) < 4.78 is 25.0. The lowest BCUT2D eigenvalue weighted by molar-refractivity contribution is -0.215. The van der Waals surface area contributed by atoms with Gasteiger partial charge >= 0.3 is 5.97 Å². The lowest BCUT2D eigenvalue weighted by Crippen LogP contribution is -2.60. The molecule has 14 atom stereocenters. The molecule has 2 aliphatic heterocycles. The molecule has 7 fully saturated rings. The summed E-state index contributed by atoms with van der Waals surface area (Å²) in [7, 11) is 0. The van der Waals surface area contributed by atoms with Gasteiger partial charge in [0.05, 0.1) is 36.4 Å². The van der Waals surface area contributed by atoms with Crippen LogP contribution in [0.25, 0.3) is 0 Å². The van der Waals surface area contributed by atoms with Crippen molar-refractivity contribution in [2.45, 2.75) is 156 Å². The van der Waals surface area contributed by atoms with E-state index in [0.717, 1.165) is 58.0 Å². The molecule has 2 heterocycles. The molecule has 1 unspecified atom stereocenters. The minimum atomic E-state index is -1.02. The normalized spacial score (nSPS) is 52.4. The number of hydrogen-bond acceptors (Lipinski definition) is 7. The van der Waals surface area contributed by atoms with Gasteiger partial charge in [0.15, 0.2) is 0 Å². The molecule has 0 aromatic rings. The van der Waals surface area contributed by atoms with Gasteiger partial charge in [0.1, 0.15) is 12.2 Å². The van der Waals surface area contributed by atoms with Crippen molar-refractivity contribution in [1.82, 2.24) is 0 Å². The van der Waals surface area contributed by atoms with Crippen molar-refractivity contribution >= 4 is 5.97 Å². The first-order valence-corrected chi connectivity index (χ1v) is 18.5. The van der Waals surface area contributed by atoms with Gasteiger partial charge in [-0.15, -0.1) is 0 Å². The molecule has 0 aromatic carbocycles. The second-order valence-corrected chi connectivity index (χ2v) is 18.4. The maximum atomic E-state index is 13.2. The van der Waals surface area contributed by atoms with Gasteiger partial charge in [-0.3, -0.25) is 4.79 Å². The standard InChI is InChI=1S/C38H62O7/c1-9-43-31(34(5,6)41)24-19-22(2)28-29(44-24)30(39)36(8)26-13-12-25-33(3,4)27(45-32(40)23-11-10-18-42-20-23)14-15-37(25)21-38(26,37)17-16-35(28,36)7/h22-31,39,41H,9-21H2,1-8H3/t22-,23-,24-,25+,26+,27+,28+,29+,30+,31+,35-,36-,37?,38+/m1/s1. The Kier molecular flexibility index (Phi) is 7.75. The first-order chi connectivity index (χ1) is 21.1. The van der Waals surface area contributed by atoms with Crippen LogP contribution in [0.5, 0.6) is 0 Å². The zero-order valence-corrected chi connectivity index (χ0v) is 29.4. The van der Waals surface area contributed by atoms with E-state index in [9.17, 15) is 15.0 Å². The Balaban J connectivity index is 1.14. The third kappa shape index (κ3) is 4.34. The zero-order chi connectivity index (χ0) is 32.4. The van der Waals surface area contributed by atoms with E-state index in [1.165, 1.54) is 12.8 Å². The van der Waals surface area contributed by atoms with Gasteiger partial charge in [0, 0.05) is 24.0 Å². The van der Waals surface area contributed by atoms with E-state index in [2.05, 4.69) is 34.6 Å². The quantitative estimate of drug-likeness (QED) is 0.332. The smallest absolute Gasteiger partial charge is 0.311 e. The third-order valence-corrected chi connectivity index (χ3v) is 15.9. The second-order valence-electron chi connectivity index (χ2n) is 18.4. The maximum absolute atomic E-state index is 13.2. The highest BCUT2D eigenvalue weighted by atomic mass is 16.6. The minimum absolute atomic E-state index is 0.00579. The third-order valence-electron chi connectivity index (χ3n) is 15.9. The van der Waals surface area contributed by atoms with Crippen molar-refractivity contribution in [3.63, 3.8) is 0 Å². The Labute approximate surface area is 271 Å². The lowest BCUT2D eigenvalue weighted by atomic mass is 9.41. The molecule has 0 radical (unpaired) electrons. The van der Waals surface area contributed by atoms with Gasteiger partial charge in [-0.05, 0) is 125 Å². The van der Waals surface area contributed by atoms with E-state index in [1.54, 1.807) is 0 Å². The summed E-state index contributed by atoms with van der Waals surface area (Å²) in [4.78, 5) is 13.2. The fraction of sp³-hybridized carbons (Fsp3) is 0.974. The van der Waals surface area contributed by atoms with E-state index in [4.69, 9.17) is 18.9 Å². The van der Waals surface area contributed by atoms with Gasteiger partial charge in [-0.25, -0.2) is 0 Å². The average Bonchev–Trinajstić information content (AvgIpc) is 3.61. The zero-order valence-electron chi connectivity index (χ0n) is 29.4. The first kappa shape index (κ1) is 32.8. The predicted molar refractivity (Wildman–Crippen MR) is 171 cm³/mol. The second kappa shape index (κ2) is 10.6. The molecule has 2 N–H and O–H groups in total. The largest absolute Gasteiger partial charge is 0.462 e. The van der Waals surface area contributed by atoms with Crippen molar-refractivity contribution < 1.29 is 34.0 Å². The topological polar surface area (TPSA) is 94.5 Å². The molecule has 45 heavy (non-hydrogen) atoms. The van der Waals surface area contributed by atoms with Crippen LogP contribution in [-0.4, -0.2) is 72.1 Å². The molecule has 0 bridgehead atoms. The average molecular weight is 631 g/mol. The van der Waals surface area contributed by atoms with E-state index in [0.29, 0.717) is 31.0 Å². The SMILES string of the molecule is CCO[C@@H]([C@H]1C[C@@H](C)[C@H]2[C@H](O1)[C@H](O)[C@@]1(C)[C@@H]3CC[C@H]4C(C)(C)[C@@H](OC(=O)[C@@H]5CCCOC5)CCC45C[C@@]35CC[C@]21C)C(C)(C)O. The fourth-order valence-corrected chi connectivity index (χ4v) is 13.8. The first-order valence-electron chi connectivity index (χ1n) is 18.5. The van der Waals surface area contributed by atoms with Crippen molar-refractivity contribution in [3.8, 4) is 0 Å². The summed E-state index contributed by atoms with van der Waals surface area (Å²) in [5.41, 5.74) is -0.797. The van der Waals surface area contributed by atoms with Crippen LogP contribution in [0.1, 0.15) is 120 Å². The molecule has 7 rings (SSSR count). The van der Waals surface area contributed by atoms with Crippen molar-refractivity contribution in [1.29, 1.82) is 0 Å². The van der Waals surface area contributed by atoms with Gasteiger partial charge in [0.25, 0.3) is 0 Å². The molecule has 7 nitrogen and oxygen atoms in total. The molecule has 5 aliphatic carbocycles. The van der Waals surface area contributed by atoms with Crippen LogP contribution >= 0.6 is 0 Å². The number of aliphatic hydroxyl groups is 2. The molecule has 2 spiro atoms. The molecule has 256 valence electrons. The predicted octanol–water partition coefficient (Wildman–Crippen LogP) is 6.31. The number of rotatable bonds is 6. The Morgan fingerprint density at radius 1 is 1.02 bits per heavy atom. The van der Waals surface area contributed by atoms with Gasteiger partial charge in [-0.1, -0.05) is 34.6 Å². The number of ether oxygens (including phenoxy) is 4. The van der Waals surface area contributed by atoms with Crippen molar-refractivity contribution in [3.05, 3.63) is 0 Å². The van der Waals surface area contributed by atoms with E-state index in [1.807, 2.05) is 20.8 Å². The number of carbonyl (C=O) groups is 1. The highest BCUT2D eigenvalue weighted by Gasteiger charge is 2.84. The van der Waals surface area contributed by atoms with Gasteiger partial charge < -0.3 is 29.2 Å². The molecule has 7 heteroatoms. The van der Waals surface area contributed by atoms with Crippen molar-refractivity contribution in [2.24, 2.45) is 56.7 Å². The summed E-state index contributed by atoms with van der Waals surface area (Å²) in [5.74, 6) is 1.48. The summed E-state index contributed by atoms with van der Waals surface area (Å²) in [6.07, 6.45) is 9.13. The van der Waals surface area contributed by atoms with Crippen LogP contribution in [0.4, 0.5) is 0 Å². The summed E-state index contributed by atoms with van der Waals surface area (Å²) in [6, 6.07) is 0. The Hall–Kier alpha value is -0.730. The number of esters is 1. The van der Waals surface area contributed by atoms with Gasteiger partial charge in [0.2, 0.25) is 0 Å². The summed E-state index contributed by atoms with van der Waals surface area (Å²) >= 11 is 0. The van der Waals surface area contributed by atoms with E-state index >= 15 is 0 Å². The molecule has 5 saturated carbocycles.